The summed E-state index contributed by atoms with van der Waals surface area (Å²) in [7, 11) is 0. The highest BCUT2D eigenvalue weighted by molar-refractivity contribution is 7.80. The Kier molecular flexibility index (Phi) is 7.60. The molecular weight excluding hydrogens is 452 g/mol. The number of hydrogen-bond acceptors (Lipinski definition) is 4. The van der Waals surface area contributed by atoms with Crippen LogP contribution in [0.1, 0.15) is 21.5 Å². The fraction of sp³-hybridized carbons (Fsp3) is 0.231. The van der Waals surface area contributed by atoms with E-state index in [1.807, 2.05) is 25.1 Å². The SMILES string of the molecule is Cc1ccc(C(=O)NC(=S)Nc2ccc(N3CCN(Cc4ccccc4)CC3)cc2)cc1Cl. The van der Waals surface area contributed by atoms with Crippen LogP contribution in [0.25, 0.3) is 0 Å². The van der Waals surface area contributed by atoms with Crippen molar-refractivity contribution in [3.63, 3.8) is 0 Å². The van der Waals surface area contributed by atoms with Gasteiger partial charge in [0.1, 0.15) is 0 Å². The van der Waals surface area contributed by atoms with Gasteiger partial charge in [-0.3, -0.25) is 15.0 Å². The first-order valence-electron chi connectivity index (χ1n) is 11.0. The zero-order valence-electron chi connectivity index (χ0n) is 18.6. The second kappa shape index (κ2) is 10.8. The number of anilines is 2. The molecule has 3 aromatic rings. The van der Waals surface area contributed by atoms with Crippen molar-refractivity contribution in [1.82, 2.24) is 10.2 Å². The molecule has 1 amide bonds. The number of piperazine rings is 1. The number of halogens is 1. The second-order valence-electron chi connectivity index (χ2n) is 8.17. The summed E-state index contributed by atoms with van der Waals surface area (Å²) in [4.78, 5) is 17.3. The third-order valence-electron chi connectivity index (χ3n) is 5.77. The maximum atomic E-state index is 12.4. The minimum absolute atomic E-state index is 0.249. The van der Waals surface area contributed by atoms with Crippen molar-refractivity contribution in [2.45, 2.75) is 13.5 Å². The van der Waals surface area contributed by atoms with E-state index in [-0.39, 0.29) is 11.0 Å². The van der Waals surface area contributed by atoms with E-state index in [1.54, 1.807) is 12.1 Å². The molecule has 1 aliphatic heterocycles. The van der Waals surface area contributed by atoms with Crippen LogP contribution in [0, 0.1) is 6.92 Å². The molecule has 1 aliphatic rings. The van der Waals surface area contributed by atoms with Crippen molar-refractivity contribution >= 4 is 46.2 Å². The van der Waals surface area contributed by atoms with Crippen LogP contribution in [0.4, 0.5) is 11.4 Å². The summed E-state index contributed by atoms with van der Waals surface area (Å²) < 4.78 is 0. The Morgan fingerprint density at radius 3 is 2.33 bits per heavy atom. The normalized spacial score (nSPS) is 14.1. The lowest BCUT2D eigenvalue weighted by Crippen LogP contribution is -2.45. The topological polar surface area (TPSA) is 47.6 Å². The van der Waals surface area contributed by atoms with E-state index in [4.69, 9.17) is 23.8 Å². The van der Waals surface area contributed by atoms with Gasteiger partial charge in [0.05, 0.1) is 0 Å². The van der Waals surface area contributed by atoms with Gasteiger partial charge < -0.3 is 10.2 Å². The van der Waals surface area contributed by atoms with Crippen LogP contribution in [-0.2, 0) is 6.54 Å². The number of rotatable bonds is 5. The molecule has 5 nitrogen and oxygen atoms in total. The largest absolute Gasteiger partial charge is 0.369 e. The van der Waals surface area contributed by atoms with Gasteiger partial charge in [0.2, 0.25) is 0 Å². The molecule has 4 rings (SSSR count). The van der Waals surface area contributed by atoms with Gasteiger partial charge in [-0.15, -0.1) is 0 Å². The van der Waals surface area contributed by atoms with Crippen LogP contribution in [0.15, 0.2) is 72.8 Å². The molecule has 0 atom stereocenters. The molecule has 7 heteroatoms. The number of benzene rings is 3. The molecule has 1 saturated heterocycles. The highest BCUT2D eigenvalue weighted by Gasteiger charge is 2.17. The molecule has 1 heterocycles. The molecule has 33 heavy (non-hydrogen) atoms. The summed E-state index contributed by atoms with van der Waals surface area (Å²) in [5, 5.41) is 6.58. The van der Waals surface area contributed by atoms with Crippen LogP contribution in [-0.4, -0.2) is 42.1 Å². The average Bonchev–Trinajstić information content (AvgIpc) is 2.82. The smallest absolute Gasteiger partial charge is 0.257 e. The number of hydrogen-bond donors (Lipinski definition) is 2. The van der Waals surface area contributed by atoms with Gasteiger partial charge in [-0.1, -0.05) is 48.0 Å². The fourth-order valence-electron chi connectivity index (χ4n) is 3.83. The predicted molar refractivity (Wildman–Crippen MR) is 140 cm³/mol. The number of nitrogens with zero attached hydrogens (tertiary/aromatic N) is 2. The van der Waals surface area contributed by atoms with E-state index < -0.39 is 0 Å². The van der Waals surface area contributed by atoms with Crippen LogP contribution < -0.4 is 15.5 Å². The lowest BCUT2D eigenvalue weighted by Gasteiger charge is -2.36. The number of nitrogens with one attached hydrogen (secondary N) is 2. The minimum Gasteiger partial charge on any atom is -0.369 e. The number of amides is 1. The Morgan fingerprint density at radius 1 is 0.970 bits per heavy atom. The maximum absolute atomic E-state index is 12.4. The monoisotopic (exact) mass is 478 g/mol. The van der Waals surface area contributed by atoms with Crippen molar-refractivity contribution in [2.24, 2.45) is 0 Å². The Hall–Kier alpha value is -2.93. The average molecular weight is 479 g/mol. The van der Waals surface area contributed by atoms with Crippen LogP contribution in [0.5, 0.6) is 0 Å². The van der Waals surface area contributed by atoms with Gasteiger partial charge in [0.15, 0.2) is 5.11 Å². The van der Waals surface area contributed by atoms with Gasteiger partial charge in [-0.05, 0) is 66.7 Å². The molecule has 170 valence electrons. The molecular formula is C26H27ClN4OS. The molecule has 0 spiro atoms. The van der Waals surface area contributed by atoms with E-state index in [0.717, 1.165) is 44.0 Å². The summed E-state index contributed by atoms with van der Waals surface area (Å²) in [5.41, 5.74) is 4.76. The standard InChI is InChI=1S/C26H27ClN4OS/c1-19-7-8-21(17-24(19)27)25(32)29-26(33)28-22-9-11-23(12-10-22)31-15-13-30(14-16-31)18-20-5-3-2-4-6-20/h2-12,17H,13-16,18H2,1H3,(H2,28,29,32,33). The summed E-state index contributed by atoms with van der Waals surface area (Å²) in [6.07, 6.45) is 0. The molecule has 0 bridgehead atoms. The van der Waals surface area contributed by atoms with Gasteiger partial charge >= 0.3 is 0 Å². The lowest BCUT2D eigenvalue weighted by molar-refractivity contribution is 0.0977. The molecule has 0 aromatic heterocycles. The maximum Gasteiger partial charge on any atom is 0.257 e. The Balaban J connectivity index is 1.26. The first-order valence-corrected chi connectivity index (χ1v) is 11.8. The summed E-state index contributed by atoms with van der Waals surface area (Å²) in [5.74, 6) is -0.292. The van der Waals surface area contributed by atoms with Crippen molar-refractivity contribution in [2.75, 3.05) is 36.4 Å². The van der Waals surface area contributed by atoms with Crippen molar-refractivity contribution < 1.29 is 4.79 Å². The van der Waals surface area contributed by atoms with E-state index in [9.17, 15) is 4.79 Å². The minimum atomic E-state index is -0.292. The highest BCUT2D eigenvalue weighted by Crippen LogP contribution is 2.21. The molecule has 2 N–H and O–H groups in total. The summed E-state index contributed by atoms with van der Waals surface area (Å²) >= 11 is 11.4. The molecule has 0 aliphatic carbocycles. The fourth-order valence-corrected chi connectivity index (χ4v) is 4.22. The number of aryl methyl sites for hydroxylation is 1. The van der Waals surface area contributed by atoms with E-state index >= 15 is 0 Å². The van der Waals surface area contributed by atoms with E-state index in [2.05, 4.69) is 62.9 Å². The molecule has 0 radical (unpaired) electrons. The summed E-state index contributed by atoms with van der Waals surface area (Å²) in [6, 6.07) is 23.9. The number of carbonyl (C=O) groups is 1. The van der Waals surface area contributed by atoms with Gasteiger partial charge in [0.25, 0.3) is 5.91 Å². The molecule has 1 fully saturated rings. The highest BCUT2D eigenvalue weighted by atomic mass is 35.5. The Morgan fingerprint density at radius 2 is 1.67 bits per heavy atom. The first kappa shape index (κ1) is 23.2. The van der Waals surface area contributed by atoms with E-state index in [0.29, 0.717) is 10.6 Å². The quantitative estimate of drug-likeness (QED) is 0.500. The zero-order valence-corrected chi connectivity index (χ0v) is 20.1. The van der Waals surface area contributed by atoms with Crippen LogP contribution in [0.3, 0.4) is 0 Å². The van der Waals surface area contributed by atoms with Crippen LogP contribution >= 0.6 is 23.8 Å². The first-order chi connectivity index (χ1) is 16.0. The molecule has 0 saturated carbocycles. The molecule has 0 unspecified atom stereocenters. The third kappa shape index (κ3) is 6.32. The third-order valence-corrected chi connectivity index (χ3v) is 6.38. The predicted octanol–water partition coefficient (Wildman–Crippen LogP) is 5.10. The lowest BCUT2D eigenvalue weighted by atomic mass is 10.1. The number of thiocarbonyl (C=S) groups is 1. The Labute approximate surface area is 205 Å². The van der Waals surface area contributed by atoms with Gasteiger partial charge in [-0.25, -0.2) is 0 Å². The van der Waals surface area contributed by atoms with Crippen molar-refractivity contribution in [3.05, 3.63) is 94.5 Å². The second-order valence-corrected chi connectivity index (χ2v) is 8.98. The van der Waals surface area contributed by atoms with Gasteiger partial charge in [0, 0.05) is 54.7 Å². The Bertz CT molecular complexity index is 1110. The van der Waals surface area contributed by atoms with Crippen molar-refractivity contribution in [3.8, 4) is 0 Å². The summed E-state index contributed by atoms with van der Waals surface area (Å²) in [6.45, 7) is 6.95. The number of carbonyl (C=O) groups excluding carboxylic acids is 1. The van der Waals surface area contributed by atoms with Crippen LogP contribution in [0.2, 0.25) is 5.02 Å². The zero-order chi connectivity index (χ0) is 23.2. The molecule has 3 aromatic carbocycles. The van der Waals surface area contributed by atoms with E-state index in [1.165, 1.54) is 11.3 Å². The van der Waals surface area contributed by atoms with Crippen molar-refractivity contribution in [1.29, 1.82) is 0 Å². The van der Waals surface area contributed by atoms with Gasteiger partial charge in [-0.2, -0.15) is 0 Å².